The van der Waals surface area contributed by atoms with E-state index in [0.29, 0.717) is 17.6 Å². The predicted molar refractivity (Wildman–Crippen MR) is 51.1 cm³/mol. The number of carbonyl (C=O) groups is 1. The maximum absolute atomic E-state index is 10.9. The molecular weight excluding hydrogens is 204 g/mol. The second-order valence-electron chi connectivity index (χ2n) is 3.47. The molecule has 0 bridgehead atoms. The van der Waals surface area contributed by atoms with Gasteiger partial charge in [0.25, 0.3) is 0 Å². The highest BCUT2D eigenvalue weighted by atomic mass is 35.5. The second-order valence-corrected chi connectivity index (χ2v) is 3.74. The number of hydrogen-bond donors (Lipinski definition) is 0. The van der Waals surface area contributed by atoms with Crippen molar-refractivity contribution in [2.45, 2.75) is 18.7 Å². The molecule has 1 amide bonds. The summed E-state index contributed by atoms with van der Waals surface area (Å²) in [5, 5.41) is 3.91. The van der Waals surface area contributed by atoms with Crippen molar-refractivity contribution in [3.63, 3.8) is 0 Å². The van der Waals surface area contributed by atoms with Gasteiger partial charge in [-0.05, 0) is 0 Å². The van der Waals surface area contributed by atoms with Crippen LogP contribution < -0.4 is 0 Å². The van der Waals surface area contributed by atoms with Gasteiger partial charge in [0, 0.05) is 32.0 Å². The second kappa shape index (κ2) is 3.61. The maximum Gasteiger partial charge on any atom is 0.219 e. The highest BCUT2D eigenvalue weighted by Crippen LogP contribution is 2.26. The van der Waals surface area contributed by atoms with Gasteiger partial charge in [-0.25, -0.2) is 0 Å². The fraction of sp³-hybridized carbons (Fsp3) is 0.556. The van der Waals surface area contributed by atoms with Crippen LogP contribution in [-0.4, -0.2) is 29.1 Å². The van der Waals surface area contributed by atoms with Gasteiger partial charge in [0.1, 0.15) is 0 Å². The molecule has 0 unspecified atom stereocenters. The van der Waals surface area contributed by atoms with Crippen LogP contribution in [0.5, 0.6) is 0 Å². The molecule has 1 aliphatic rings. The van der Waals surface area contributed by atoms with E-state index in [9.17, 15) is 4.79 Å². The van der Waals surface area contributed by atoms with Crippen molar-refractivity contribution >= 4 is 17.5 Å². The van der Waals surface area contributed by atoms with Gasteiger partial charge in [0.2, 0.25) is 5.91 Å². The number of rotatable bonds is 2. The summed E-state index contributed by atoms with van der Waals surface area (Å²) in [7, 11) is 0. The van der Waals surface area contributed by atoms with Crippen molar-refractivity contribution in [3.05, 3.63) is 17.5 Å². The molecule has 1 aromatic heterocycles. The van der Waals surface area contributed by atoms with Gasteiger partial charge in [0.15, 0.2) is 5.76 Å². The van der Waals surface area contributed by atoms with E-state index in [-0.39, 0.29) is 5.91 Å². The third-order valence-corrected chi connectivity index (χ3v) is 2.72. The molecule has 4 nitrogen and oxygen atoms in total. The number of hydrogen-bond acceptors (Lipinski definition) is 3. The Morgan fingerprint density at radius 1 is 1.79 bits per heavy atom. The summed E-state index contributed by atoms with van der Waals surface area (Å²) >= 11 is 5.59. The molecule has 0 radical (unpaired) electrons. The molecule has 2 heterocycles. The quantitative estimate of drug-likeness (QED) is 0.699. The molecule has 0 aliphatic carbocycles. The summed E-state index contributed by atoms with van der Waals surface area (Å²) in [5.41, 5.74) is 0.901. The average Bonchev–Trinajstić information content (AvgIpc) is 2.49. The zero-order valence-electron chi connectivity index (χ0n) is 7.86. The molecule has 5 heteroatoms. The maximum atomic E-state index is 10.9. The van der Waals surface area contributed by atoms with Crippen molar-refractivity contribution < 1.29 is 9.32 Å². The van der Waals surface area contributed by atoms with Crippen LogP contribution in [0.25, 0.3) is 0 Å². The lowest BCUT2D eigenvalue weighted by molar-refractivity contribution is -0.133. The van der Waals surface area contributed by atoms with Gasteiger partial charge in [0.05, 0.1) is 11.6 Å². The Morgan fingerprint density at radius 2 is 2.50 bits per heavy atom. The summed E-state index contributed by atoms with van der Waals surface area (Å²) in [6.07, 6.45) is 0. The summed E-state index contributed by atoms with van der Waals surface area (Å²) in [6, 6.07) is 1.86. The molecule has 0 N–H and O–H groups in total. The van der Waals surface area contributed by atoms with Crippen LogP contribution in [0.4, 0.5) is 0 Å². The third kappa shape index (κ3) is 1.62. The predicted octanol–water partition coefficient (Wildman–Crippen LogP) is 1.36. The molecule has 76 valence electrons. The minimum Gasteiger partial charge on any atom is -0.360 e. The number of alkyl halides is 1. The molecule has 14 heavy (non-hydrogen) atoms. The van der Waals surface area contributed by atoms with Gasteiger partial charge in [-0.15, -0.1) is 11.6 Å². The SMILES string of the molecule is CC(=O)N1CC(c2cc(CCl)on2)C1. The van der Waals surface area contributed by atoms with Crippen molar-refractivity contribution in [1.82, 2.24) is 10.1 Å². The van der Waals surface area contributed by atoms with Crippen molar-refractivity contribution in [3.8, 4) is 0 Å². The first-order valence-electron chi connectivity index (χ1n) is 4.47. The number of likely N-dealkylation sites (tertiary alicyclic amines) is 1. The van der Waals surface area contributed by atoms with E-state index in [2.05, 4.69) is 5.16 Å². The highest BCUT2D eigenvalue weighted by molar-refractivity contribution is 6.16. The summed E-state index contributed by atoms with van der Waals surface area (Å²) in [6.45, 7) is 3.05. The molecule has 1 aromatic rings. The smallest absolute Gasteiger partial charge is 0.219 e. The van der Waals surface area contributed by atoms with E-state index in [0.717, 1.165) is 18.8 Å². The van der Waals surface area contributed by atoms with E-state index < -0.39 is 0 Å². The Hall–Kier alpha value is -1.03. The van der Waals surface area contributed by atoms with Gasteiger partial charge < -0.3 is 9.42 Å². The summed E-state index contributed by atoms with van der Waals surface area (Å²) < 4.78 is 4.98. The van der Waals surface area contributed by atoms with Crippen LogP contribution in [0.15, 0.2) is 10.6 Å². The number of aromatic nitrogens is 1. The summed E-state index contributed by atoms with van der Waals surface area (Å²) in [5.74, 6) is 1.46. The molecular formula is C9H11ClN2O2. The van der Waals surface area contributed by atoms with E-state index in [1.54, 1.807) is 11.8 Å². The first kappa shape index (κ1) is 9.52. The average molecular weight is 215 g/mol. The third-order valence-electron chi connectivity index (χ3n) is 2.45. The van der Waals surface area contributed by atoms with E-state index >= 15 is 0 Å². The zero-order chi connectivity index (χ0) is 10.1. The molecule has 2 rings (SSSR count). The van der Waals surface area contributed by atoms with Crippen molar-refractivity contribution in [2.75, 3.05) is 13.1 Å². The Bertz CT molecular complexity index is 344. The highest BCUT2D eigenvalue weighted by Gasteiger charge is 2.31. The first-order valence-corrected chi connectivity index (χ1v) is 5.01. The van der Waals surface area contributed by atoms with Gasteiger partial charge in [-0.3, -0.25) is 4.79 Å². The van der Waals surface area contributed by atoms with Crippen LogP contribution in [-0.2, 0) is 10.7 Å². The molecule has 0 aromatic carbocycles. The minimum atomic E-state index is 0.113. The zero-order valence-corrected chi connectivity index (χ0v) is 8.62. The molecule has 0 saturated carbocycles. The number of carbonyl (C=O) groups excluding carboxylic acids is 1. The van der Waals surface area contributed by atoms with Crippen LogP contribution >= 0.6 is 11.6 Å². The summed E-state index contributed by atoms with van der Waals surface area (Å²) in [4.78, 5) is 12.7. The normalized spacial score (nSPS) is 16.9. The standard InChI is InChI=1S/C9H11ClN2O2/c1-6(13)12-4-7(5-12)9-2-8(3-10)14-11-9/h2,7H,3-5H2,1H3. The van der Waals surface area contributed by atoms with Crippen LogP contribution in [0.1, 0.15) is 24.3 Å². The minimum absolute atomic E-state index is 0.113. The topological polar surface area (TPSA) is 46.3 Å². The van der Waals surface area contributed by atoms with E-state index in [1.165, 1.54) is 0 Å². The van der Waals surface area contributed by atoms with Crippen LogP contribution in [0, 0.1) is 0 Å². The molecule has 0 spiro atoms. The Morgan fingerprint density at radius 3 is 3.00 bits per heavy atom. The number of amides is 1. The Balaban J connectivity index is 1.96. The number of nitrogens with zero attached hydrogens (tertiary/aromatic N) is 2. The lowest BCUT2D eigenvalue weighted by Crippen LogP contribution is -2.47. The van der Waals surface area contributed by atoms with E-state index in [1.807, 2.05) is 6.07 Å². The molecule has 1 saturated heterocycles. The van der Waals surface area contributed by atoms with Crippen LogP contribution in [0.3, 0.4) is 0 Å². The lowest BCUT2D eigenvalue weighted by Gasteiger charge is -2.37. The monoisotopic (exact) mass is 214 g/mol. The molecule has 1 aliphatic heterocycles. The fourth-order valence-corrected chi connectivity index (χ4v) is 1.63. The van der Waals surface area contributed by atoms with Gasteiger partial charge >= 0.3 is 0 Å². The Kier molecular flexibility index (Phi) is 2.46. The van der Waals surface area contributed by atoms with Crippen LogP contribution in [0.2, 0.25) is 0 Å². The fourth-order valence-electron chi connectivity index (χ4n) is 1.51. The molecule has 0 atom stereocenters. The number of halogens is 1. The molecule has 1 fully saturated rings. The van der Waals surface area contributed by atoms with Gasteiger partial charge in [-0.2, -0.15) is 0 Å². The lowest BCUT2D eigenvalue weighted by atomic mass is 9.96. The van der Waals surface area contributed by atoms with Gasteiger partial charge in [-0.1, -0.05) is 5.16 Å². The van der Waals surface area contributed by atoms with Crippen molar-refractivity contribution in [2.24, 2.45) is 0 Å². The largest absolute Gasteiger partial charge is 0.360 e. The Labute approximate surface area is 86.8 Å². The van der Waals surface area contributed by atoms with E-state index in [4.69, 9.17) is 16.1 Å². The van der Waals surface area contributed by atoms with Crippen molar-refractivity contribution in [1.29, 1.82) is 0 Å². The first-order chi connectivity index (χ1) is 6.70.